The van der Waals surface area contributed by atoms with Gasteiger partial charge in [-0.3, -0.25) is 9.59 Å². The molecule has 0 radical (unpaired) electrons. The highest BCUT2D eigenvalue weighted by atomic mass is 35.5. The Morgan fingerprint density at radius 1 is 1.07 bits per heavy atom. The highest BCUT2D eigenvalue weighted by molar-refractivity contribution is 6.35. The van der Waals surface area contributed by atoms with E-state index in [4.69, 9.17) is 38.4 Å². The predicted molar refractivity (Wildman–Crippen MR) is 110 cm³/mol. The van der Waals surface area contributed by atoms with Crippen LogP contribution in [0, 0.1) is 0 Å². The van der Waals surface area contributed by atoms with E-state index in [1.54, 1.807) is 30.3 Å². The second-order valence-corrected chi connectivity index (χ2v) is 8.16. The minimum Gasteiger partial charge on any atom is -0.486 e. The zero-order chi connectivity index (χ0) is 20.6. The van der Waals surface area contributed by atoms with Crippen molar-refractivity contribution in [1.82, 2.24) is 5.32 Å². The quantitative estimate of drug-likeness (QED) is 0.730. The van der Waals surface area contributed by atoms with E-state index >= 15 is 0 Å². The Morgan fingerprint density at radius 3 is 2.45 bits per heavy atom. The van der Waals surface area contributed by atoms with E-state index < -0.39 is 17.4 Å². The van der Waals surface area contributed by atoms with Crippen LogP contribution in [-0.4, -0.2) is 31.1 Å². The van der Waals surface area contributed by atoms with Crippen molar-refractivity contribution < 1.29 is 19.1 Å². The molecule has 1 atom stereocenters. The number of halogens is 2. The molecule has 3 N–H and O–H groups in total. The molecule has 0 unspecified atom stereocenters. The lowest BCUT2D eigenvalue weighted by Gasteiger charge is -2.23. The third-order valence-corrected chi connectivity index (χ3v) is 5.87. The van der Waals surface area contributed by atoms with E-state index in [0.29, 0.717) is 53.2 Å². The summed E-state index contributed by atoms with van der Waals surface area (Å²) in [5.41, 5.74) is 6.35. The fourth-order valence-corrected chi connectivity index (χ4v) is 4.18. The molecule has 0 bridgehead atoms. The van der Waals surface area contributed by atoms with Gasteiger partial charge in [-0.1, -0.05) is 35.3 Å². The molecule has 6 nitrogen and oxygen atoms in total. The van der Waals surface area contributed by atoms with Gasteiger partial charge in [0, 0.05) is 16.5 Å². The van der Waals surface area contributed by atoms with Crippen molar-refractivity contribution in [3.05, 3.63) is 57.6 Å². The zero-order valence-corrected chi connectivity index (χ0v) is 17.1. The molecule has 1 aliphatic heterocycles. The summed E-state index contributed by atoms with van der Waals surface area (Å²) in [6.45, 7) is 0.971. The number of benzene rings is 2. The summed E-state index contributed by atoms with van der Waals surface area (Å²) < 4.78 is 11.1. The Kier molecular flexibility index (Phi) is 5.32. The van der Waals surface area contributed by atoms with Crippen molar-refractivity contribution in [2.45, 2.75) is 30.7 Å². The number of rotatable bonds is 6. The number of hydrogen-bond donors (Lipinski definition) is 2. The van der Waals surface area contributed by atoms with Crippen molar-refractivity contribution >= 4 is 35.0 Å². The number of carbonyl (C=O) groups excluding carboxylic acids is 2. The zero-order valence-electron chi connectivity index (χ0n) is 15.5. The summed E-state index contributed by atoms with van der Waals surface area (Å²) in [5, 5.41) is 3.75. The number of amides is 2. The van der Waals surface area contributed by atoms with Crippen molar-refractivity contribution in [3.8, 4) is 11.5 Å². The maximum atomic E-state index is 13.0. The number of ether oxygens (including phenoxy) is 2. The van der Waals surface area contributed by atoms with Crippen LogP contribution in [0.25, 0.3) is 0 Å². The third kappa shape index (κ3) is 4.00. The van der Waals surface area contributed by atoms with Crippen molar-refractivity contribution in [1.29, 1.82) is 0 Å². The number of carbonyl (C=O) groups is 2. The summed E-state index contributed by atoms with van der Waals surface area (Å²) in [6, 6.07) is 9.66. The van der Waals surface area contributed by atoms with E-state index in [-0.39, 0.29) is 12.3 Å². The summed E-state index contributed by atoms with van der Waals surface area (Å²) in [4.78, 5) is 25.1. The number of hydrogen-bond acceptors (Lipinski definition) is 4. The standard InChI is InChI=1S/C21H20Cl2N2O4/c22-13-2-3-14(15(23)11-13)21(5-6-21)20(27)25-16(19(24)26)9-12-1-4-17-18(10-12)29-8-7-28-17/h1-4,10-11,16H,5-9H2,(H2,24,26)(H,25,27)/t16-/m0/s1. The van der Waals surface area contributed by atoms with Crippen LogP contribution in [0.1, 0.15) is 24.0 Å². The van der Waals surface area contributed by atoms with E-state index in [1.165, 1.54) is 0 Å². The summed E-state index contributed by atoms with van der Waals surface area (Å²) in [7, 11) is 0. The van der Waals surface area contributed by atoms with Crippen molar-refractivity contribution in [3.63, 3.8) is 0 Å². The maximum Gasteiger partial charge on any atom is 0.240 e. The number of primary amides is 1. The van der Waals surface area contributed by atoms with E-state index in [1.807, 2.05) is 6.07 Å². The van der Waals surface area contributed by atoms with E-state index in [0.717, 1.165) is 5.56 Å². The normalized spacial score (nSPS) is 17.3. The molecule has 1 saturated carbocycles. The SMILES string of the molecule is NC(=O)[C@H](Cc1ccc2c(c1)OCCO2)NC(=O)C1(c2ccc(Cl)cc2Cl)CC1. The Hall–Kier alpha value is -2.44. The Bertz CT molecular complexity index is 975. The van der Waals surface area contributed by atoms with E-state index in [2.05, 4.69) is 5.32 Å². The minimum atomic E-state index is -0.853. The van der Waals surface area contributed by atoms with Gasteiger partial charge < -0.3 is 20.5 Å². The first-order valence-electron chi connectivity index (χ1n) is 9.33. The van der Waals surface area contributed by atoms with Crippen LogP contribution in [0.5, 0.6) is 11.5 Å². The van der Waals surface area contributed by atoms with Crippen molar-refractivity contribution in [2.24, 2.45) is 5.73 Å². The molecule has 2 aromatic carbocycles. The van der Waals surface area contributed by atoms with E-state index in [9.17, 15) is 9.59 Å². The number of nitrogens with two attached hydrogens (primary N) is 1. The van der Waals surface area contributed by atoms with Crippen LogP contribution in [-0.2, 0) is 21.4 Å². The van der Waals surface area contributed by atoms with Gasteiger partial charge in [-0.15, -0.1) is 0 Å². The molecule has 1 aliphatic carbocycles. The number of fused-ring (bicyclic) bond motifs is 1. The predicted octanol–water partition coefficient (Wildman–Crippen LogP) is 3.01. The maximum absolute atomic E-state index is 13.0. The fraction of sp³-hybridized carbons (Fsp3) is 0.333. The fourth-order valence-electron chi connectivity index (χ4n) is 3.59. The molecule has 0 aromatic heterocycles. The largest absolute Gasteiger partial charge is 0.486 e. The molecule has 2 aliphatic rings. The van der Waals surface area contributed by atoms with Gasteiger partial charge in [-0.25, -0.2) is 0 Å². The molecule has 2 aromatic rings. The molecule has 29 heavy (non-hydrogen) atoms. The van der Waals surface area contributed by atoms with Crippen LogP contribution in [0.3, 0.4) is 0 Å². The Labute approximate surface area is 178 Å². The van der Waals surface area contributed by atoms with Crippen LogP contribution in [0.15, 0.2) is 36.4 Å². The van der Waals surface area contributed by atoms with Gasteiger partial charge in [-0.05, 0) is 48.2 Å². The van der Waals surface area contributed by atoms with Gasteiger partial charge in [0.1, 0.15) is 19.3 Å². The van der Waals surface area contributed by atoms with Crippen LogP contribution < -0.4 is 20.5 Å². The molecule has 0 spiro atoms. The first-order valence-corrected chi connectivity index (χ1v) is 10.1. The Morgan fingerprint density at radius 2 is 1.79 bits per heavy atom. The van der Waals surface area contributed by atoms with Gasteiger partial charge in [0.05, 0.1) is 5.41 Å². The second kappa shape index (κ2) is 7.76. The average molecular weight is 435 g/mol. The lowest BCUT2D eigenvalue weighted by molar-refractivity contribution is -0.128. The van der Waals surface area contributed by atoms with Gasteiger partial charge in [-0.2, -0.15) is 0 Å². The van der Waals surface area contributed by atoms with Gasteiger partial charge >= 0.3 is 0 Å². The summed E-state index contributed by atoms with van der Waals surface area (Å²) in [5.74, 6) is 0.415. The molecular weight excluding hydrogens is 415 g/mol. The van der Waals surface area contributed by atoms with Crippen molar-refractivity contribution in [2.75, 3.05) is 13.2 Å². The lowest BCUT2D eigenvalue weighted by Crippen LogP contribution is -2.49. The Balaban J connectivity index is 1.51. The van der Waals surface area contributed by atoms with Crippen LogP contribution in [0.2, 0.25) is 10.0 Å². The number of nitrogens with one attached hydrogen (secondary N) is 1. The third-order valence-electron chi connectivity index (χ3n) is 5.33. The first-order chi connectivity index (χ1) is 13.9. The highest BCUT2D eigenvalue weighted by Crippen LogP contribution is 2.51. The highest BCUT2D eigenvalue weighted by Gasteiger charge is 2.53. The molecule has 2 amide bonds. The molecule has 8 heteroatoms. The van der Waals surface area contributed by atoms with Gasteiger partial charge in [0.15, 0.2) is 11.5 Å². The lowest BCUT2D eigenvalue weighted by atomic mass is 9.94. The monoisotopic (exact) mass is 434 g/mol. The first kappa shape index (κ1) is 19.9. The smallest absolute Gasteiger partial charge is 0.240 e. The van der Waals surface area contributed by atoms with Crippen LogP contribution >= 0.6 is 23.2 Å². The van der Waals surface area contributed by atoms with Crippen LogP contribution in [0.4, 0.5) is 0 Å². The summed E-state index contributed by atoms with van der Waals surface area (Å²) >= 11 is 12.3. The molecule has 152 valence electrons. The molecule has 4 rings (SSSR count). The molecule has 0 saturated heterocycles. The molecule has 1 heterocycles. The van der Waals surface area contributed by atoms with Gasteiger partial charge in [0.2, 0.25) is 11.8 Å². The van der Waals surface area contributed by atoms with Gasteiger partial charge in [0.25, 0.3) is 0 Å². The molecular formula is C21H20Cl2N2O4. The summed E-state index contributed by atoms with van der Waals surface area (Å²) in [6.07, 6.45) is 1.55. The average Bonchev–Trinajstić information content (AvgIpc) is 3.49. The second-order valence-electron chi connectivity index (χ2n) is 7.32. The molecule has 1 fully saturated rings. The topological polar surface area (TPSA) is 90.7 Å². The minimum absolute atomic E-state index is 0.252.